The zero-order valence-corrected chi connectivity index (χ0v) is 12.3. The SMILES string of the molecule is Cc1nc(SCc2ccccc2CC(=O)NN)oc1C. The molecule has 0 unspecified atom stereocenters. The van der Waals surface area contributed by atoms with Gasteiger partial charge in [0.15, 0.2) is 0 Å². The van der Waals surface area contributed by atoms with Crippen molar-refractivity contribution in [1.29, 1.82) is 0 Å². The van der Waals surface area contributed by atoms with E-state index in [0.717, 1.165) is 22.6 Å². The summed E-state index contributed by atoms with van der Waals surface area (Å²) in [5.74, 6) is 6.46. The first-order valence-electron chi connectivity index (χ1n) is 6.23. The first-order valence-corrected chi connectivity index (χ1v) is 7.21. The summed E-state index contributed by atoms with van der Waals surface area (Å²) < 4.78 is 5.53. The van der Waals surface area contributed by atoms with Crippen molar-refractivity contribution in [2.45, 2.75) is 31.2 Å². The molecule has 1 aromatic carbocycles. The van der Waals surface area contributed by atoms with Crippen LogP contribution in [-0.2, 0) is 17.0 Å². The summed E-state index contributed by atoms with van der Waals surface area (Å²) in [6.45, 7) is 3.81. The Kier molecular flexibility index (Phi) is 4.81. The molecule has 0 spiro atoms. The molecule has 5 nitrogen and oxygen atoms in total. The molecule has 0 aliphatic rings. The van der Waals surface area contributed by atoms with Crippen LogP contribution in [0.15, 0.2) is 33.9 Å². The molecular formula is C14H17N3O2S. The summed E-state index contributed by atoms with van der Waals surface area (Å²) in [5, 5.41) is 0.651. The van der Waals surface area contributed by atoms with Gasteiger partial charge in [-0.05, 0) is 25.0 Å². The Bertz CT molecular complexity index is 591. The number of oxazole rings is 1. The van der Waals surface area contributed by atoms with Crippen molar-refractivity contribution in [3.05, 3.63) is 46.8 Å². The van der Waals surface area contributed by atoms with Gasteiger partial charge in [0.25, 0.3) is 5.22 Å². The monoisotopic (exact) mass is 291 g/mol. The number of aromatic nitrogens is 1. The van der Waals surface area contributed by atoms with E-state index in [1.54, 1.807) is 0 Å². The lowest BCUT2D eigenvalue weighted by atomic mass is 10.1. The third-order valence-corrected chi connectivity index (χ3v) is 3.87. The van der Waals surface area contributed by atoms with E-state index >= 15 is 0 Å². The molecule has 2 rings (SSSR count). The first kappa shape index (κ1) is 14.6. The number of thioether (sulfide) groups is 1. The predicted molar refractivity (Wildman–Crippen MR) is 78.0 cm³/mol. The van der Waals surface area contributed by atoms with Crippen LogP contribution in [0.25, 0.3) is 0 Å². The summed E-state index contributed by atoms with van der Waals surface area (Å²) in [5.41, 5.74) is 5.09. The molecule has 1 heterocycles. The lowest BCUT2D eigenvalue weighted by Crippen LogP contribution is -2.31. The number of hydrogen-bond donors (Lipinski definition) is 2. The molecule has 106 valence electrons. The maximum absolute atomic E-state index is 11.4. The minimum atomic E-state index is -0.203. The number of hydrazine groups is 1. The third-order valence-electron chi connectivity index (χ3n) is 2.99. The predicted octanol–water partition coefficient (Wildman–Crippen LogP) is 2.12. The van der Waals surface area contributed by atoms with Gasteiger partial charge >= 0.3 is 0 Å². The molecule has 3 N–H and O–H groups in total. The van der Waals surface area contributed by atoms with Crippen LogP contribution in [0.5, 0.6) is 0 Å². The van der Waals surface area contributed by atoms with Gasteiger partial charge in [0.05, 0.1) is 12.1 Å². The number of hydrogen-bond acceptors (Lipinski definition) is 5. The normalized spacial score (nSPS) is 10.6. The highest BCUT2D eigenvalue weighted by Gasteiger charge is 2.10. The summed E-state index contributed by atoms with van der Waals surface area (Å²) in [6.07, 6.45) is 0.275. The fourth-order valence-electron chi connectivity index (χ4n) is 1.74. The van der Waals surface area contributed by atoms with Gasteiger partial charge in [-0.15, -0.1) is 0 Å². The van der Waals surface area contributed by atoms with Gasteiger partial charge in [-0.3, -0.25) is 10.2 Å². The number of carbonyl (C=O) groups is 1. The van der Waals surface area contributed by atoms with E-state index in [4.69, 9.17) is 10.3 Å². The van der Waals surface area contributed by atoms with E-state index in [1.165, 1.54) is 11.8 Å². The minimum Gasteiger partial charge on any atom is -0.437 e. The molecule has 0 aliphatic carbocycles. The second kappa shape index (κ2) is 6.58. The highest BCUT2D eigenvalue weighted by atomic mass is 32.2. The van der Waals surface area contributed by atoms with E-state index in [0.29, 0.717) is 11.0 Å². The summed E-state index contributed by atoms with van der Waals surface area (Å²) in [4.78, 5) is 15.7. The quantitative estimate of drug-likeness (QED) is 0.382. The van der Waals surface area contributed by atoms with Gasteiger partial charge in [-0.25, -0.2) is 10.8 Å². The number of nitrogens with zero attached hydrogens (tertiary/aromatic N) is 1. The summed E-state index contributed by atoms with van der Waals surface area (Å²) in [6, 6.07) is 7.78. The van der Waals surface area contributed by atoms with Crippen molar-refractivity contribution in [2.24, 2.45) is 5.84 Å². The molecular weight excluding hydrogens is 274 g/mol. The number of nitrogens with one attached hydrogen (secondary N) is 1. The number of benzene rings is 1. The van der Waals surface area contributed by atoms with Crippen LogP contribution >= 0.6 is 11.8 Å². The highest BCUT2D eigenvalue weighted by Crippen LogP contribution is 2.25. The van der Waals surface area contributed by atoms with Crippen molar-refractivity contribution in [3.8, 4) is 0 Å². The Labute approximate surface area is 121 Å². The van der Waals surface area contributed by atoms with Gasteiger partial charge in [0.1, 0.15) is 5.76 Å². The van der Waals surface area contributed by atoms with E-state index in [9.17, 15) is 4.79 Å². The number of amides is 1. The van der Waals surface area contributed by atoms with Crippen molar-refractivity contribution >= 4 is 17.7 Å². The van der Waals surface area contributed by atoms with Crippen molar-refractivity contribution in [2.75, 3.05) is 0 Å². The molecule has 0 saturated heterocycles. The summed E-state index contributed by atoms with van der Waals surface area (Å²) in [7, 11) is 0. The molecule has 0 radical (unpaired) electrons. The standard InChI is InChI=1S/C14H17N3O2S/c1-9-10(2)19-14(16-9)20-8-12-6-4-3-5-11(12)7-13(18)17-15/h3-6H,7-8,15H2,1-2H3,(H,17,18). The van der Waals surface area contributed by atoms with Crippen LogP contribution in [0.4, 0.5) is 0 Å². The summed E-state index contributed by atoms with van der Waals surface area (Å²) >= 11 is 1.52. The second-order valence-electron chi connectivity index (χ2n) is 4.42. The Hall–Kier alpha value is -1.79. The topological polar surface area (TPSA) is 81.2 Å². The lowest BCUT2D eigenvalue weighted by Gasteiger charge is -2.07. The maximum Gasteiger partial charge on any atom is 0.256 e. The molecule has 6 heteroatoms. The minimum absolute atomic E-state index is 0.203. The fraction of sp³-hybridized carbons (Fsp3) is 0.286. The van der Waals surface area contributed by atoms with Crippen LogP contribution in [0.2, 0.25) is 0 Å². The molecule has 0 bridgehead atoms. The highest BCUT2D eigenvalue weighted by molar-refractivity contribution is 7.98. The van der Waals surface area contributed by atoms with Crippen molar-refractivity contribution in [1.82, 2.24) is 10.4 Å². The Morgan fingerprint density at radius 3 is 2.65 bits per heavy atom. The fourth-order valence-corrected chi connectivity index (χ4v) is 2.69. The smallest absolute Gasteiger partial charge is 0.256 e. The zero-order valence-electron chi connectivity index (χ0n) is 11.5. The molecule has 20 heavy (non-hydrogen) atoms. The lowest BCUT2D eigenvalue weighted by molar-refractivity contribution is -0.120. The van der Waals surface area contributed by atoms with Crippen LogP contribution in [0.3, 0.4) is 0 Å². The molecule has 1 aromatic heterocycles. The molecule has 0 aliphatic heterocycles. The Morgan fingerprint density at radius 2 is 2.05 bits per heavy atom. The largest absolute Gasteiger partial charge is 0.437 e. The Morgan fingerprint density at radius 1 is 1.35 bits per heavy atom. The molecule has 2 aromatic rings. The number of rotatable bonds is 5. The van der Waals surface area contributed by atoms with Gasteiger partial charge in [0.2, 0.25) is 5.91 Å². The van der Waals surface area contributed by atoms with Crippen molar-refractivity contribution < 1.29 is 9.21 Å². The van der Waals surface area contributed by atoms with E-state index in [-0.39, 0.29) is 12.3 Å². The molecule has 0 atom stereocenters. The van der Waals surface area contributed by atoms with E-state index in [1.807, 2.05) is 38.1 Å². The van der Waals surface area contributed by atoms with E-state index in [2.05, 4.69) is 10.4 Å². The first-order chi connectivity index (χ1) is 9.60. The average molecular weight is 291 g/mol. The van der Waals surface area contributed by atoms with Gasteiger partial charge < -0.3 is 4.42 Å². The van der Waals surface area contributed by atoms with E-state index < -0.39 is 0 Å². The van der Waals surface area contributed by atoms with Gasteiger partial charge in [-0.2, -0.15) is 0 Å². The number of nitrogens with two attached hydrogens (primary N) is 1. The molecule has 0 saturated carbocycles. The van der Waals surface area contributed by atoms with Crippen LogP contribution < -0.4 is 11.3 Å². The van der Waals surface area contributed by atoms with Crippen LogP contribution in [0, 0.1) is 13.8 Å². The maximum atomic E-state index is 11.4. The molecule has 0 fully saturated rings. The number of carbonyl (C=O) groups excluding carboxylic acids is 1. The van der Waals surface area contributed by atoms with Crippen molar-refractivity contribution in [3.63, 3.8) is 0 Å². The number of aryl methyl sites for hydroxylation is 2. The van der Waals surface area contributed by atoms with Gasteiger partial charge in [0, 0.05) is 5.75 Å². The van der Waals surface area contributed by atoms with Gasteiger partial charge in [-0.1, -0.05) is 36.0 Å². The molecule has 1 amide bonds. The second-order valence-corrected chi connectivity index (χ2v) is 5.35. The third kappa shape index (κ3) is 3.61. The van der Waals surface area contributed by atoms with Crippen LogP contribution in [-0.4, -0.2) is 10.9 Å². The Balaban J connectivity index is 2.07. The van der Waals surface area contributed by atoms with Crippen LogP contribution in [0.1, 0.15) is 22.6 Å². The zero-order chi connectivity index (χ0) is 14.5. The average Bonchev–Trinajstić information content (AvgIpc) is 2.76.